The number of Topliss-reactive ketones (excluding diaryl/α,β-unsaturated/α-hetero) is 1. The summed E-state index contributed by atoms with van der Waals surface area (Å²) in [6.45, 7) is 3.37. The highest BCUT2D eigenvalue weighted by molar-refractivity contribution is 5.98. The molecule has 0 spiro atoms. The van der Waals surface area contributed by atoms with Gasteiger partial charge in [0.05, 0.1) is 12.5 Å². The Balaban J connectivity index is 1.50. The fourth-order valence-corrected chi connectivity index (χ4v) is 4.02. The van der Waals surface area contributed by atoms with Gasteiger partial charge in [-0.15, -0.1) is 0 Å². The maximum atomic E-state index is 12.8. The molecule has 0 unspecified atom stereocenters. The molecule has 0 aliphatic carbocycles. The molecular weight excluding hydrogens is 402 g/mol. The largest absolute Gasteiger partial charge is 0.343 e. The Morgan fingerprint density at radius 3 is 2.28 bits per heavy atom. The Morgan fingerprint density at radius 2 is 1.66 bits per heavy atom. The first kappa shape index (κ1) is 23.2. The monoisotopic (exact) mass is 431 g/mol. The van der Waals surface area contributed by atoms with Gasteiger partial charge in [-0.2, -0.15) is 5.26 Å². The summed E-state index contributed by atoms with van der Waals surface area (Å²) in [6.07, 6.45) is 1.75. The zero-order valence-corrected chi connectivity index (χ0v) is 18.5. The van der Waals surface area contributed by atoms with Crippen molar-refractivity contribution in [2.24, 2.45) is 5.92 Å². The van der Waals surface area contributed by atoms with Crippen molar-refractivity contribution in [1.82, 2.24) is 4.90 Å². The summed E-state index contributed by atoms with van der Waals surface area (Å²) in [7, 11) is 0. The standard InChI is InChI=1S/C26H29N3O3/c1-20-8-10-21(11-9-20)26(32)22-14-18-28(19-15-22)24(30)12-13-25(31)29(17-5-16-27)23-6-3-2-4-7-23/h2-4,6-11,22H,5,12-15,17-19H2,1H3. The molecule has 1 saturated heterocycles. The van der Waals surface area contributed by atoms with Gasteiger partial charge in [0.15, 0.2) is 5.78 Å². The van der Waals surface area contributed by atoms with E-state index in [-0.39, 0.29) is 42.8 Å². The number of hydrogen-bond donors (Lipinski definition) is 0. The van der Waals surface area contributed by atoms with Crippen molar-refractivity contribution in [2.45, 2.75) is 39.0 Å². The quantitative estimate of drug-likeness (QED) is 0.588. The number of nitriles is 1. The van der Waals surface area contributed by atoms with Gasteiger partial charge in [-0.25, -0.2) is 0 Å². The number of amides is 2. The molecule has 0 N–H and O–H groups in total. The number of benzene rings is 2. The average molecular weight is 432 g/mol. The second kappa shape index (κ2) is 11.2. The molecule has 0 radical (unpaired) electrons. The molecule has 2 aromatic carbocycles. The summed E-state index contributed by atoms with van der Waals surface area (Å²) < 4.78 is 0. The van der Waals surface area contributed by atoms with Gasteiger partial charge in [0.25, 0.3) is 0 Å². The molecule has 0 saturated carbocycles. The number of rotatable bonds is 8. The summed E-state index contributed by atoms with van der Waals surface area (Å²) in [5, 5.41) is 8.90. The van der Waals surface area contributed by atoms with E-state index in [0.717, 1.165) is 16.8 Å². The van der Waals surface area contributed by atoms with Gasteiger partial charge < -0.3 is 9.80 Å². The number of likely N-dealkylation sites (tertiary alicyclic amines) is 1. The van der Waals surface area contributed by atoms with Crippen molar-refractivity contribution in [2.75, 3.05) is 24.5 Å². The van der Waals surface area contributed by atoms with Gasteiger partial charge in [-0.1, -0.05) is 48.0 Å². The highest BCUT2D eigenvalue weighted by Crippen LogP contribution is 2.23. The zero-order chi connectivity index (χ0) is 22.9. The lowest BCUT2D eigenvalue weighted by Gasteiger charge is -2.31. The number of aryl methyl sites for hydroxylation is 1. The number of piperidine rings is 1. The normalized spacial score (nSPS) is 13.9. The maximum absolute atomic E-state index is 12.8. The number of carbonyl (C=O) groups excluding carboxylic acids is 3. The summed E-state index contributed by atoms with van der Waals surface area (Å²) in [5.41, 5.74) is 2.58. The van der Waals surface area contributed by atoms with Crippen LogP contribution in [0.2, 0.25) is 0 Å². The van der Waals surface area contributed by atoms with Gasteiger partial charge in [-0.3, -0.25) is 14.4 Å². The van der Waals surface area contributed by atoms with Crippen LogP contribution < -0.4 is 4.90 Å². The number of carbonyl (C=O) groups is 3. The van der Waals surface area contributed by atoms with E-state index in [9.17, 15) is 14.4 Å². The topological polar surface area (TPSA) is 81.5 Å². The van der Waals surface area contributed by atoms with E-state index >= 15 is 0 Å². The molecule has 2 aromatic rings. The van der Waals surface area contributed by atoms with E-state index < -0.39 is 0 Å². The number of nitrogens with zero attached hydrogens (tertiary/aromatic N) is 3. The molecule has 1 aliphatic rings. The average Bonchev–Trinajstić information content (AvgIpc) is 2.83. The minimum absolute atomic E-state index is 0.0621. The number of hydrogen-bond acceptors (Lipinski definition) is 4. The zero-order valence-electron chi connectivity index (χ0n) is 18.5. The van der Waals surface area contributed by atoms with Crippen molar-refractivity contribution in [3.63, 3.8) is 0 Å². The number of anilines is 1. The SMILES string of the molecule is Cc1ccc(C(=O)C2CCN(C(=O)CCC(=O)N(CCC#N)c3ccccc3)CC2)cc1. The molecule has 166 valence electrons. The summed E-state index contributed by atoms with van der Waals surface area (Å²) in [6, 6.07) is 18.9. The molecule has 6 nitrogen and oxygen atoms in total. The van der Waals surface area contributed by atoms with E-state index in [4.69, 9.17) is 5.26 Å². The van der Waals surface area contributed by atoms with E-state index in [1.165, 1.54) is 0 Å². The predicted molar refractivity (Wildman–Crippen MR) is 123 cm³/mol. The Hall–Kier alpha value is -3.46. The van der Waals surface area contributed by atoms with Gasteiger partial charge >= 0.3 is 0 Å². The third-order valence-electron chi connectivity index (χ3n) is 5.92. The van der Waals surface area contributed by atoms with Crippen LogP contribution in [0.15, 0.2) is 54.6 Å². The van der Waals surface area contributed by atoms with Gasteiger partial charge in [0, 0.05) is 49.6 Å². The lowest BCUT2D eigenvalue weighted by molar-refractivity contribution is -0.134. The van der Waals surface area contributed by atoms with Crippen molar-refractivity contribution < 1.29 is 14.4 Å². The van der Waals surface area contributed by atoms with E-state index in [1.807, 2.05) is 61.5 Å². The lowest BCUT2D eigenvalue weighted by Crippen LogP contribution is -2.41. The first-order valence-corrected chi connectivity index (χ1v) is 11.1. The van der Waals surface area contributed by atoms with Crippen LogP contribution in [0.1, 0.15) is 48.0 Å². The number of para-hydroxylation sites is 1. The fraction of sp³-hybridized carbons (Fsp3) is 0.385. The van der Waals surface area contributed by atoms with E-state index in [0.29, 0.717) is 32.5 Å². The summed E-state index contributed by atoms with van der Waals surface area (Å²) in [4.78, 5) is 41.5. The van der Waals surface area contributed by atoms with Crippen LogP contribution in [0.25, 0.3) is 0 Å². The van der Waals surface area contributed by atoms with Crippen LogP contribution in [0, 0.1) is 24.2 Å². The summed E-state index contributed by atoms with van der Waals surface area (Å²) >= 11 is 0. The Labute approximate surface area is 189 Å². The fourth-order valence-electron chi connectivity index (χ4n) is 4.02. The minimum Gasteiger partial charge on any atom is -0.343 e. The molecule has 1 fully saturated rings. The molecule has 1 heterocycles. The lowest BCUT2D eigenvalue weighted by atomic mass is 9.88. The summed E-state index contributed by atoms with van der Waals surface area (Å²) in [5.74, 6) is -0.150. The van der Waals surface area contributed by atoms with Gasteiger partial charge in [0.1, 0.15) is 0 Å². The van der Waals surface area contributed by atoms with Crippen LogP contribution in [-0.2, 0) is 9.59 Å². The van der Waals surface area contributed by atoms with Gasteiger partial charge in [-0.05, 0) is 31.9 Å². The van der Waals surface area contributed by atoms with Crippen molar-refractivity contribution in [1.29, 1.82) is 5.26 Å². The molecule has 1 aliphatic heterocycles. The third-order valence-corrected chi connectivity index (χ3v) is 5.92. The molecule has 0 atom stereocenters. The second-order valence-corrected chi connectivity index (χ2v) is 8.17. The van der Waals surface area contributed by atoms with E-state index in [2.05, 4.69) is 6.07 Å². The third kappa shape index (κ3) is 6.04. The molecule has 2 amide bonds. The van der Waals surface area contributed by atoms with Crippen LogP contribution in [-0.4, -0.2) is 42.1 Å². The molecule has 6 heteroatoms. The Morgan fingerprint density at radius 1 is 1.00 bits per heavy atom. The van der Waals surface area contributed by atoms with Gasteiger partial charge in [0.2, 0.25) is 11.8 Å². The Kier molecular flexibility index (Phi) is 8.15. The molecular formula is C26H29N3O3. The number of ketones is 1. The Bertz CT molecular complexity index is 972. The smallest absolute Gasteiger partial charge is 0.227 e. The van der Waals surface area contributed by atoms with Crippen molar-refractivity contribution >= 4 is 23.3 Å². The molecule has 0 aromatic heterocycles. The van der Waals surface area contributed by atoms with Crippen LogP contribution in [0.3, 0.4) is 0 Å². The minimum atomic E-state index is -0.163. The van der Waals surface area contributed by atoms with Crippen LogP contribution in [0.4, 0.5) is 5.69 Å². The highest BCUT2D eigenvalue weighted by atomic mass is 16.2. The highest BCUT2D eigenvalue weighted by Gasteiger charge is 2.28. The molecule has 32 heavy (non-hydrogen) atoms. The van der Waals surface area contributed by atoms with Crippen molar-refractivity contribution in [3.8, 4) is 6.07 Å². The molecule has 0 bridgehead atoms. The second-order valence-electron chi connectivity index (χ2n) is 8.17. The van der Waals surface area contributed by atoms with Crippen LogP contribution in [0.5, 0.6) is 0 Å². The predicted octanol–water partition coefficient (Wildman–Crippen LogP) is 4.14. The van der Waals surface area contributed by atoms with Crippen molar-refractivity contribution in [3.05, 3.63) is 65.7 Å². The molecule has 3 rings (SSSR count). The first-order chi connectivity index (χ1) is 15.5. The van der Waals surface area contributed by atoms with E-state index in [1.54, 1.807) is 9.80 Å². The first-order valence-electron chi connectivity index (χ1n) is 11.1. The maximum Gasteiger partial charge on any atom is 0.227 e. The van der Waals surface area contributed by atoms with Crippen LogP contribution >= 0.6 is 0 Å².